The fraction of sp³-hybridized carbons (Fsp3) is 0.143. The Bertz CT molecular complexity index is 378. The molecule has 0 aliphatic carbocycles. The second-order valence-electron chi connectivity index (χ2n) is 2.39. The van der Waals surface area contributed by atoms with E-state index >= 15 is 0 Å². The SMILES string of the molecule is O=S(O)c1cc(Cl)ccc1C(F)(F)F. The largest absolute Gasteiger partial charge is 0.417 e. The van der Waals surface area contributed by atoms with Gasteiger partial charge in [0, 0.05) is 5.02 Å². The smallest absolute Gasteiger partial charge is 0.302 e. The summed E-state index contributed by atoms with van der Waals surface area (Å²) in [5, 5.41) is -0.0181. The minimum absolute atomic E-state index is 0.0181. The van der Waals surface area contributed by atoms with E-state index in [0.29, 0.717) is 6.07 Å². The molecule has 0 bridgehead atoms. The van der Waals surface area contributed by atoms with Gasteiger partial charge >= 0.3 is 6.18 Å². The summed E-state index contributed by atoms with van der Waals surface area (Å²) in [5.41, 5.74) is -1.15. The normalized spacial score (nSPS) is 14.1. The van der Waals surface area contributed by atoms with Gasteiger partial charge in [-0.15, -0.1) is 0 Å². The molecule has 0 aliphatic heterocycles. The van der Waals surface area contributed by atoms with Crippen LogP contribution in [0.15, 0.2) is 23.1 Å². The predicted octanol–water partition coefficient (Wildman–Crippen LogP) is 2.94. The summed E-state index contributed by atoms with van der Waals surface area (Å²) in [4.78, 5) is -0.731. The van der Waals surface area contributed by atoms with E-state index in [1.54, 1.807) is 0 Å². The molecule has 0 amide bonds. The lowest BCUT2D eigenvalue weighted by atomic mass is 10.2. The van der Waals surface area contributed by atoms with Gasteiger partial charge < -0.3 is 4.55 Å². The summed E-state index contributed by atoms with van der Waals surface area (Å²) in [5.74, 6) is 0. The van der Waals surface area contributed by atoms with Crippen LogP contribution in [-0.4, -0.2) is 8.76 Å². The van der Waals surface area contributed by atoms with Crippen molar-refractivity contribution < 1.29 is 21.9 Å². The van der Waals surface area contributed by atoms with Gasteiger partial charge in [-0.05, 0) is 18.2 Å². The van der Waals surface area contributed by atoms with Crippen LogP contribution in [0.3, 0.4) is 0 Å². The molecule has 0 fully saturated rings. The number of benzene rings is 1. The quantitative estimate of drug-likeness (QED) is 0.771. The van der Waals surface area contributed by atoms with Crippen molar-refractivity contribution >= 4 is 22.7 Å². The van der Waals surface area contributed by atoms with Crippen molar-refractivity contribution in [3.05, 3.63) is 28.8 Å². The molecule has 1 rings (SSSR count). The first-order chi connectivity index (χ1) is 6.32. The third-order valence-corrected chi connectivity index (χ3v) is 2.39. The molecular weight excluding hydrogens is 241 g/mol. The molecule has 0 heterocycles. The van der Waals surface area contributed by atoms with Crippen LogP contribution >= 0.6 is 11.6 Å². The second kappa shape index (κ2) is 3.88. The summed E-state index contributed by atoms with van der Waals surface area (Å²) in [6, 6.07) is 2.51. The maximum atomic E-state index is 12.3. The molecular formula is C7H4ClF3O2S. The minimum atomic E-state index is -4.65. The van der Waals surface area contributed by atoms with Gasteiger partial charge in [0.05, 0.1) is 10.5 Å². The first-order valence-electron chi connectivity index (χ1n) is 3.30. The summed E-state index contributed by atoms with van der Waals surface area (Å²) >= 11 is 2.70. The molecule has 1 atom stereocenters. The fourth-order valence-corrected chi connectivity index (χ4v) is 1.71. The van der Waals surface area contributed by atoms with E-state index < -0.39 is 27.7 Å². The van der Waals surface area contributed by atoms with Gasteiger partial charge in [0.25, 0.3) is 0 Å². The molecule has 0 aliphatic rings. The van der Waals surface area contributed by atoms with E-state index in [0.717, 1.165) is 12.1 Å². The summed E-state index contributed by atoms with van der Waals surface area (Å²) in [6.07, 6.45) is -4.65. The van der Waals surface area contributed by atoms with Gasteiger partial charge in [-0.1, -0.05) is 11.6 Å². The average molecular weight is 245 g/mol. The van der Waals surface area contributed by atoms with Gasteiger partial charge in [-0.25, -0.2) is 4.21 Å². The van der Waals surface area contributed by atoms with E-state index in [9.17, 15) is 17.4 Å². The van der Waals surface area contributed by atoms with Crippen molar-refractivity contribution in [1.29, 1.82) is 0 Å². The topological polar surface area (TPSA) is 37.3 Å². The molecule has 7 heteroatoms. The maximum absolute atomic E-state index is 12.3. The number of halogens is 4. The van der Waals surface area contributed by atoms with Crippen LogP contribution in [0, 0.1) is 0 Å². The Labute approximate surface area is 85.0 Å². The Morgan fingerprint density at radius 3 is 2.36 bits per heavy atom. The number of alkyl halides is 3. The van der Waals surface area contributed by atoms with Crippen LogP contribution in [0.1, 0.15) is 5.56 Å². The van der Waals surface area contributed by atoms with Crippen molar-refractivity contribution in [3.63, 3.8) is 0 Å². The van der Waals surface area contributed by atoms with Crippen molar-refractivity contribution in [3.8, 4) is 0 Å². The van der Waals surface area contributed by atoms with Gasteiger partial charge in [-0.3, -0.25) is 0 Å². The van der Waals surface area contributed by atoms with E-state index in [-0.39, 0.29) is 5.02 Å². The monoisotopic (exact) mass is 244 g/mol. The molecule has 78 valence electrons. The highest BCUT2D eigenvalue weighted by Crippen LogP contribution is 2.34. The summed E-state index contributed by atoms with van der Waals surface area (Å²) < 4.78 is 55.9. The lowest BCUT2D eigenvalue weighted by Crippen LogP contribution is -2.09. The Balaban J connectivity index is 3.37. The average Bonchev–Trinajstić information content (AvgIpc) is 2.01. The zero-order valence-electron chi connectivity index (χ0n) is 6.51. The zero-order valence-corrected chi connectivity index (χ0v) is 8.08. The minimum Gasteiger partial charge on any atom is -0.302 e. The van der Waals surface area contributed by atoms with Crippen molar-refractivity contribution in [1.82, 2.24) is 0 Å². The molecule has 0 saturated carbocycles. The van der Waals surface area contributed by atoms with Gasteiger partial charge in [0.1, 0.15) is 0 Å². The molecule has 0 spiro atoms. The van der Waals surface area contributed by atoms with Gasteiger partial charge in [0.2, 0.25) is 0 Å². The van der Waals surface area contributed by atoms with Gasteiger partial charge in [0.15, 0.2) is 11.1 Å². The first kappa shape index (κ1) is 11.5. The Morgan fingerprint density at radius 1 is 1.36 bits per heavy atom. The highest BCUT2D eigenvalue weighted by molar-refractivity contribution is 7.79. The van der Waals surface area contributed by atoms with Crippen LogP contribution in [0.25, 0.3) is 0 Å². The highest BCUT2D eigenvalue weighted by Gasteiger charge is 2.34. The number of hydrogen-bond donors (Lipinski definition) is 1. The molecule has 2 nitrogen and oxygen atoms in total. The number of hydrogen-bond acceptors (Lipinski definition) is 1. The van der Waals surface area contributed by atoms with Crippen LogP contribution in [0.2, 0.25) is 5.02 Å². The van der Waals surface area contributed by atoms with Crippen molar-refractivity contribution in [2.75, 3.05) is 0 Å². The summed E-state index contributed by atoms with van der Waals surface area (Å²) in [6.45, 7) is 0. The highest BCUT2D eigenvalue weighted by atomic mass is 35.5. The Hall–Kier alpha value is -0.590. The second-order valence-corrected chi connectivity index (χ2v) is 3.76. The third-order valence-electron chi connectivity index (χ3n) is 1.44. The zero-order chi connectivity index (χ0) is 10.9. The molecule has 1 aromatic rings. The Kier molecular flexibility index (Phi) is 3.18. The predicted molar refractivity (Wildman–Crippen MR) is 45.5 cm³/mol. The first-order valence-corrected chi connectivity index (χ1v) is 4.78. The standard InChI is InChI=1S/C7H4ClF3O2S/c8-4-1-2-5(7(9,10)11)6(3-4)14(12)13/h1-3H,(H,12,13). The molecule has 0 saturated heterocycles. The van der Waals surface area contributed by atoms with Crippen LogP contribution in [0.4, 0.5) is 13.2 Å². The lowest BCUT2D eigenvalue weighted by molar-refractivity contribution is -0.139. The van der Waals surface area contributed by atoms with Crippen LogP contribution < -0.4 is 0 Å². The molecule has 14 heavy (non-hydrogen) atoms. The maximum Gasteiger partial charge on any atom is 0.417 e. The van der Waals surface area contributed by atoms with Gasteiger partial charge in [-0.2, -0.15) is 13.2 Å². The number of rotatable bonds is 1. The molecule has 1 unspecified atom stereocenters. The Morgan fingerprint density at radius 2 is 1.93 bits per heavy atom. The van der Waals surface area contributed by atoms with Crippen molar-refractivity contribution in [2.24, 2.45) is 0 Å². The molecule has 1 N–H and O–H groups in total. The molecule has 0 aromatic heterocycles. The summed E-state index contributed by atoms with van der Waals surface area (Å²) in [7, 11) is 0. The van der Waals surface area contributed by atoms with E-state index in [4.69, 9.17) is 16.2 Å². The molecule has 1 aromatic carbocycles. The lowest BCUT2D eigenvalue weighted by Gasteiger charge is -2.09. The van der Waals surface area contributed by atoms with E-state index in [1.165, 1.54) is 0 Å². The molecule has 0 radical (unpaired) electrons. The van der Waals surface area contributed by atoms with Crippen LogP contribution in [0.5, 0.6) is 0 Å². The van der Waals surface area contributed by atoms with Crippen molar-refractivity contribution in [2.45, 2.75) is 11.1 Å². The van der Waals surface area contributed by atoms with E-state index in [1.807, 2.05) is 0 Å². The van der Waals surface area contributed by atoms with E-state index in [2.05, 4.69) is 0 Å². The fourth-order valence-electron chi connectivity index (χ4n) is 0.875. The third kappa shape index (κ3) is 2.46. The van der Waals surface area contributed by atoms with Crippen LogP contribution in [-0.2, 0) is 17.3 Å².